The molecule has 2 aliphatic heterocycles. The highest BCUT2D eigenvalue weighted by Crippen LogP contribution is 2.34. The first kappa shape index (κ1) is 24.5. The lowest BCUT2D eigenvalue weighted by Crippen LogP contribution is -2.40. The number of hydrogen-bond acceptors (Lipinski definition) is 6. The van der Waals surface area contributed by atoms with Crippen LogP contribution >= 0.6 is 0 Å². The molecule has 0 amide bonds. The molecule has 0 atom stereocenters. The van der Waals surface area contributed by atoms with E-state index in [4.69, 9.17) is 4.74 Å². The quantitative estimate of drug-likeness (QED) is 0.384. The van der Waals surface area contributed by atoms with Crippen LogP contribution in [0.1, 0.15) is 29.8 Å². The standard InChI is InChI=1S/C27H33N5O3S/c1-21-18-23(20-28-29-24-8-4-3-5-9-24)22(2)32(21)27-19-25(10-11-26(27)30-12-6-7-13-30)36(33,34)31-14-16-35-17-15-31/h3-5,8-11,18-20,29H,6-7,12-17H2,1-2H3. The molecule has 36 heavy (non-hydrogen) atoms. The second kappa shape index (κ2) is 10.5. The fraction of sp³-hybridized carbons (Fsp3) is 0.370. The van der Waals surface area contributed by atoms with Crippen molar-refractivity contribution in [1.82, 2.24) is 8.87 Å². The number of benzene rings is 2. The Morgan fingerprint density at radius 1 is 0.917 bits per heavy atom. The zero-order valence-electron chi connectivity index (χ0n) is 20.9. The van der Waals surface area contributed by atoms with E-state index in [2.05, 4.69) is 26.1 Å². The summed E-state index contributed by atoms with van der Waals surface area (Å²) in [7, 11) is -3.61. The van der Waals surface area contributed by atoms with Crippen LogP contribution in [0.4, 0.5) is 11.4 Å². The second-order valence-corrected chi connectivity index (χ2v) is 11.2. The molecular formula is C27H33N5O3S. The van der Waals surface area contributed by atoms with E-state index in [1.807, 2.05) is 62.5 Å². The maximum atomic E-state index is 13.5. The van der Waals surface area contributed by atoms with Gasteiger partial charge in [0.1, 0.15) is 0 Å². The fourth-order valence-corrected chi connectivity index (χ4v) is 6.41. The first-order chi connectivity index (χ1) is 17.4. The van der Waals surface area contributed by atoms with Gasteiger partial charge in [-0.2, -0.15) is 9.41 Å². The topological polar surface area (TPSA) is 79.2 Å². The van der Waals surface area contributed by atoms with E-state index in [9.17, 15) is 8.42 Å². The van der Waals surface area contributed by atoms with Crippen molar-refractivity contribution in [2.75, 3.05) is 49.7 Å². The minimum Gasteiger partial charge on any atom is -0.379 e. The Bertz CT molecular complexity index is 1340. The lowest BCUT2D eigenvalue weighted by molar-refractivity contribution is 0.0730. The molecule has 5 rings (SSSR count). The van der Waals surface area contributed by atoms with Gasteiger partial charge in [-0.3, -0.25) is 5.43 Å². The maximum Gasteiger partial charge on any atom is 0.243 e. The van der Waals surface area contributed by atoms with Crippen molar-refractivity contribution in [2.24, 2.45) is 5.10 Å². The van der Waals surface area contributed by atoms with Crippen LogP contribution in [0, 0.1) is 13.8 Å². The highest BCUT2D eigenvalue weighted by Gasteiger charge is 2.28. The number of aromatic nitrogens is 1. The summed E-state index contributed by atoms with van der Waals surface area (Å²) in [6.45, 7) is 7.64. The third-order valence-electron chi connectivity index (χ3n) is 6.88. The number of morpholine rings is 1. The Morgan fingerprint density at radius 2 is 1.64 bits per heavy atom. The molecule has 1 N–H and O–H groups in total. The number of sulfonamides is 1. The molecular weight excluding hydrogens is 474 g/mol. The van der Waals surface area contributed by atoms with Crippen LogP contribution in [-0.4, -0.2) is 62.9 Å². The number of aryl methyl sites for hydroxylation is 1. The normalized spacial score (nSPS) is 17.2. The average molecular weight is 508 g/mol. The van der Waals surface area contributed by atoms with Gasteiger partial charge in [0, 0.05) is 43.1 Å². The van der Waals surface area contributed by atoms with Gasteiger partial charge in [0.15, 0.2) is 0 Å². The Kier molecular flexibility index (Phi) is 7.13. The van der Waals surface area contributed by atoms with Crippen LogP contribution < -0.4 is 10.3 Å². The summed E-state index contributed by atoms with van der Waals surface area (Å²) in [5.74, 6) is 0. The fourth-order valence-electron chi connectivity index (χ4n) is 4.98. The van der Waals surface area contributed by atoms with Crippen molar-refractivity contribution < 1.29 is 13.2 Å². The largest absolute Gasteiger partial charge is 0.379 e. The molecule has 0 radical (unpaired) electrons. The average Bonchev–Trinajstić information content (AvgIpc) is 3.53. The van der Waals surface area contributed by atoms with Crippen molar-refractivity contribution in [3.8, 4) is 5.69 Å². The molecule has 0 saturated carbocycles. The Hall–Kier alpha value is -3.14. The van der Waals surface area contributed by atoms with Crippen LogP contribution in [0.3, 0.4) is 0 Å². The Morgan fingerprint density at radius 3 is 2.36 bits per heavy atom. The van der Waals surface area contributed by atoms with Crippen LogP contribution in [-0.2, 0) is 14.8 Å². The lowest BCUT2D eigenvalue weighted by Gasteiger charge is -2.28. The predicted octanol–water partition coefficient (Wildman–Crippen LogP) is 4.16. The van der Waals surface area contributed by atoms with Crippen molar-refractivity contribution in [3.63, 3.8) is 0 Å². The molecule has 0 aliphatic carbocycles. The summed E-state index contributed by atoms with van der Waals surface area (Å²) in [6.07, 6.45) is 4.09. The molecule has 2 saturated heterocycles. The first-order valence-corrected chi connectivity index (χ1v) is 13.9. The molecule has 0 spiro atoms. The molecule has 2 fully saturated rings. The molecule has 3 aromatic rings. The number of para-hydroxylation sites is 1. The Labute approximate surface area is 213 Å². The summed E-state index contributed by atoms with van der Waals surface area (Å²) in [5, 5.41) is 4.43. The molecule has 0 unspecified atom stereocenters. The number of hydrogen-bond donors (Lipinski definition) is 1. The minimum atomic E-state index is -3.61. The summed E-state index contributed by atoms with van der Waals surface area (Å²) >= 11 is 0. The van der Waals surface area contributed by atoms with Gasteiger partial charge in [-0.15, -0.1) is 0 Å². The van der Waals surface area contributed by atoms with Crippen molar-refractivity contribution in [3.05, 3.63) is 71.5 Å². The van der Waals surface area contributed by atoms with Crippen LogP contribution in [0.2, 0.25) is 0 Å². The van der Waals surface area contributed by atoms with Crippen molar-refractivity contribution in [2.45, 2.75) is 31.6 Å². The molecule has 1 aromatic heterocycles. The molecule has 0 bridgehead atoms. The highest BCUT2D eigenvalue weighted by atomic mass is 32.2. The van der Waals surface area contributed by atoms with Gasteiger partial charge in [-0.05, 0) is 63.1 Å². The van der Waals surface area contributed by atoms with Gasteiger partial charge in [0.05, 0.1) is 41.4 Å². The molecule has 9 heteroatoms. The summed E-state index contributed by atoms with van der Waals surface area (Å²) in [5.41, 5.74) is 8.93. The van der Waals surface area contributed by atoms with Gasteiger partial charge in [-0.25, -0.2) is 8.42 Å². The van der Waals surface area contributed by atoms with E-state index in [0.717, 1.165) is 59.9 Å². The van der Waals surface area contributed by atoms with E-state index in [1.54, 1.807) is 6.07 Å². The third-order valence-corrected chi connectivity index (χ3v) is 8.78. The van der Waals surface area contributed by atoms with E-state index in [1.165, 1.54) is 4.31 Å². The highest BCUT2D eigenvalue weighted by molar-refractivity contribution is 7.89. The lowest BCUT2D eigenvalue weighted by atomic mass is 10.2. The smallest absolute Gasteiger partial charge is 0.243 e. The van der Waals surface area contributed by atoms with Crippen LogP contribution in [0.25, 0.3) is 5.69 Å². The summed E-state index contributed by atoms with van der Waals surface area (Å²) < 4.78 is 36.0. The van der Waals surface area contributed by atoms with Gasteiger partial charge >= 0.3 is 0 Å². The van der Waals surface area contributed by atoms with Gasteiger partial charge in [0.25, 0.3) is 0 Å². The van der Waals surface area contributed by atoms with E-state index in [-0.39, 0.29) is 0 Å². The van der Waals surface area contributed by atoms with E-state index < -0.39 is 10.0 Å². The van der Waals surface area contributed by atoms with Gasteiger partial charge in [0.2, 0.25) is 10.0 Å². The van der Waals surface area contributed by atoms with Crippen molar-refractivity contribution in [1.29, 1.82) is 0 Å². The molecule has 2 aromatic carbocycles. The van der Waals surface area contributed by atoms with Gasteiger partial charge in [-0.1, -0.05) is 18.2 Å². The number of hydrazone groups is 1. The monoisotopic (exact) mass is 507 g/mol. The number of nitrogens with one attached hydrogen (secondary N) is 1. The number of anilines is 2. The Balaban J connectivity index is 1.53. The molecule has 8 nitrogen and oxygen atoms in total. The second-order valence-electron chi connectivity index (χ2n) is 9.26. The minimum absolute atomic E-state index is 0.316. The molecule has 3 heterocycles. The zero-order chi connectivity index (χ0) is 25.1. The number of rotatable bonds is 7. The van der Waals surface area contributed by atoms with Crippen molar-refractivity contribution >= 4 is 27.6 Å². The van der Waals surface area contributed by atoms with E-state index >= 15 is 0 Å². The summed E-state index contributed by atoms with van der Waals surface area (Å²) in [6, 6.07) is 17.5. The predicted molar refractivity (Wildman–Crippen MR) is 144 cm³/mol. The van der Waals surface area contributed by atoms with Crippen LogP contribution in [0.15, 0.2) is 64.6 Å². The number of nitrogens with zero attached hydrogens (tertiary/aromatic N) is 4. The van der Waals surface area contributed by atoms with Crippen LogP contribution in [0.5, 0.6) is 0 Å². The number of ether oxygens (including phenoxy) is 1. The molecule has 190 valence electrons. The first-order valence-electron chi connectivity index (χ1n) is 12.5. The van der Waals surface area contributed by atoms with E-state index in [0.29, 0.717) is 31.2 Å². The summed E-state index contributed by atoms with van der Waals surface area (Å²) in [4.78, 5) is 2.67. The third kappa shape index (κ3) is 4.91. The SMILES string of the molecule is Cc1cc(C=NNc2ccccc2)c(C)n1-c1cc(S(=O)(=O)N2CCOCC2)ccc1N1CCCC1. The van der Waals surface area contributed by atoms with Gasteiger partial charge < -0.3 is 14.2 Å². The molecule has 2 aliphatic rings. The maximum absolute atomic E-state index is 13.5. The zero-order valence-corrected chi connectivity index (χ0v) is 21.7.